The topological polar surface area (TPSA) is 56.6 Å². The Hall–Kier alpha value is -0.920. The first kappa shape index (κ1) is 16.1. The number of aromatic nitrogens is 2. The van der Waals surface area contributed by atoms with Crippen LogP contribution in [0.4, 0.5) is 0 Å². The summed E-state index contributed by atoms with van der Waals surface area (Å²) in [6, 6.07) is 0. The summed E-state index contributed by atoms with van der Waals surface area (Å²) in [5.74, 6) is 0.0313. The summed E-state index contributed by atoms with van der Waals surface area (Å²) in [6.45, 7) is 2.66. The van der Waals surface area contributed by atoms with Gasteiger partial charge in [0, 0.05) is 40.1 Å². The quantitative estimate of drug-likeness (QED) is 0.636. The molecule has 0 saturated carbocycles. The number of hydrogen-bond acceptors (Lipinski definition) is 4. The second kappa shape index (κ2) is 9.06. The predicted molar refractivity (Wildman–Crippen MR) is 74.9 cm³/mol. The molecule has 0 aliphatic rings. The highest BCUT2D eigenvalue weighted by Gasteiger charge is 2.14. The molecule has 7 heteroatoms. The van der Waals surface area contributed by atoms with Crippen LogP contribution in [0.1, 0.15) is 6.42 Å². The molecule has 0 saturated heterocycles. The maximum absolute atomic E-state index is 12.2. The minimum atomic E-state index is 0.0313. The van der Waals surface area contributed by atoms with E-state index in [-0.39, 0.29) is 12.5 Å². The molecule has 0 atom stereocenters. The molecule has 1 aromatic rings. The van der Waals surface area contributed by atoms with Gasteiger partial charge in [0.2, 0.25) is 5.91 Å². The maximum atomic E-state index is 12.2. The van der Waals surface area contributed by atoms with Crippen molar-refractivity contribution in [2.24, 2.45) is 0 Å². The lowest BCUT2D eigenvalue weighted by Crippen LogP contribution is -2.37. The Balaban J connectivity index is 2.49. The molecule has 0 aromatic carbocycles. The van der Waals surface area contributed by atoms with Crippen molar-refractivity contribution >= 4 is 21.8 Å². The Labute approximate surface area is 121 Å². The summed E-state index contributed by atoms with van der Waals surface area (Å²) in [5, 5.41) is 4.08. The highest BCUT2D eigenvalue weighted by atomic mass is 79.9. The standard InChI is InChI=1S/C12H20BrN3O3/c1-18-6-3-4-15(5-7-19-2)12(17)10-16-9-11(13)8-14-16/h8-9H,3-7,10H2,1-2H3. The van der Waals surface area contributed by atoms with Gasteiger partial charge >= 0.3 is 0 Å². The lowest BCUT2D eigenvalue weighted by Gasteiger charge is -2.22. The van der Waals surface area contributed by atoms with Crippen LogP contribution in [-0.2, 0) is 20.8 Å². The third-order valence-electron chi connectivity index (χ3n) is 2.59. The van der Waals surface area contributed by atoms with E-state index in [1.54, 1.807) is 36.2 Å². The van der Waals surface area contributed by atoms with Gasteiger partial charge in [0.25, 0.3) is 0 Å². The smallest absolute Gasteiger partial charge is 0.244 e. The molecular formula is C12H20BrN3O3. The zero-order valence-corrected chi connectivity index (χ0v) is 12.9. The molecule has 0 unspecified atom stereocenters. The number of hydrogen-bond donors (Lipinski definition) is 0. The molecule has 0 spiro atoms. The molecule has 19 heavy (non-hydrogen) atoms. The summed E-state index contributed by atoms with van der Waals surface area (Å²) in [7, 11) is 3.28. The van der Waals surface area contributed by atoms with E-state index in [4.69, 9.17) is 9.47 Å². The van der Waals surface area contributed by atoms with Crippen molar-refractivity contribution in [2.75, 3.05) is 40.5 Å². The number of ether oxygens (including phenoxy) is 2. The summed E-state index contributed by atoms with van der Waals surface area (Å²) in [6.07, 6.45) is 4.26. The van der Waals surface area contributed by atoms with Crippen molar-refractivity contribution in [3.05, 3.63) is 16.9 Å². The first-order valence-corrected chi connectivity index (χ1v) is 6.90. The molecule has 6 nitrogen and oxygen atoms in total. The number of amides is 1. The second-order valence-corrected chi connectivity index (χ2v) is 4.99. The zero-order valence-electron chi connectivity index (χ0n) is 11.3. The Kier molecular flexibility index (Phi) is 7.69. The van der Waals surface area contributed by atoms with Gasteiger partial charge in [-0.05, 0) is 22.4 Å². The largest absolute Gasteiger partial charge is 0.385 e. The first-order chi connectivity index (χ1) is 9.17. The van der Waals surface area contributed by atoms with E-state index in [1.807, 2.05) is 0 Å². The van der Waals surface area contributed by atoms with Crippen LogP contribution in [-0.4, -0.2) is 61.1 Å². The third kappa shape index (κ3) is 6.17. The van der Waals surface area contributed by atoms with E-state index in [0.717, 1.165) is 10.9 Å². The van der Waals surface area contributed by atoms with Gasteiger partial charge < -0.3 is 14.4 Å². The van der Waals surface area contributed by atoms with E-state index in [0.29, 0.717) is 26.3 Å². The van der Waals surface area contributed by atoms with E-state index in [2.05, 4.69) is 21.0 Å². The van der Waals surface area contributed by atoms with Crippen LogP contribution in [0.2, 0.25) is 0 Å². The van der Waals surface area contributed by atoms with Crippen LogP contribution in [0.15, 0.2) is 16.9 Å². The van der Waals surface area contributed by atoms with E-state index in [9.17, 15) is 4.79 Å². The van der Waals surface area contributed by atoms with Gasteiger partial charge in [-0.2, -0.15) is 5.10 Å². The van der Waals surface area contributed by atoms with Crippen molar-refractivity contribution in [3.63, 3.8) is 0 Å². The third-order valence-corrected chi connectivity index (χ3v) is 3.00. The minimum Gasteiger partial charge on any atom is -0.385 e. The molecule has 1 heterocycles. The zero-order chi connectivity index (χ0) is 14.1. The fourth-order valence-corrected chi connectivity index (χ4v) is 1.95. The SMILES string of the molecule is COCCCN(CCOC)C(=O)Cn1cc(Br)cn1. The van der Waals surface area contributed by atoms with Crippen LogP contribution in [0.5, 0.6) is 0 Å². The van der Waals surface area contributed by atoms with Crippen molar-refractivity contribution in [1.82, 2.24) is 14.7 Å². The molecular weight excluding hydrogens is 314 g/mol. The Bertz CT molecular complexity index is 384. The molecule has 1 amide bonds. The molecule has 0 fully saturated rings. The lowest BCUT2D eigenvalue weighted by atomic mass is 10.3. The second-order valence-electron chi connectivity index (χ2n) is 4.08. The number of halogens is 1. The highest BCUT2D eigenvalue weighted by molar-refractivity contribution is 9.10. The fourth-order valence-electron chi connectivity index (χ4n) is 1.63. The van der Waals surface area contributed by atoms with Gasteiger partial charge in [-0.25, -0.2) is 0 Å². The molecule has 0 aliphatic heterocycles. The van der Waals surface area contributed by atoms with Crippen LogP contribution < -0.4 is 0 Å². The normalized spacial score (nSPS) is 10.7. The maximum Gasteiger partial charge on any atom is 0.244 e. The van der Waals surface area contributed by atoms with E-state index in [1.165, 1.54) is 0 Å². The highest BCUT2D eigenvalue weighted by Crippen LogP contribution is 2.06. The number of carbonyl (C=O) groups excluding carboxylic acids is 1. The molecule has 0 bridgehead atoms. The van der Waals surface area contributed by atoms with Crippen molar-refractivity contribution < 1.29 is 14.3 Å². The molecule has 0 N–H and O–H groups in total. The van der Waals surface area contributed by atoms with Crippen molar-refractivity contribution in [1.29, 1.82) is 0 Å². The lowest BCUT2D eigenvalue weighted by molar-refractivity contribution is -0.132. The first-order valence-electron chi connectivity index (χ1n) is 6.11. The summed E-state index contributed by atoms with van der Waals surface area (Å²) in [4.78, 5) is 14.0. The summed E-state index contributed by atoms with van der Waals surface area (Å²) < 4.78 is 12.5. The Morgan fingerprint density at radius 2 is 2.11 bits per heavy atom. The molecule has 0 radical (unpaired) electrons. The van der Waals surface area contributed by atoms with Gasteiger partial charge in [-0.15, -0.1) is 0 Å². The van der Waals surface area contributed by atoms with Gasteiger partial charge in [-0.3, -0.25) is 9.48 Å². The Morgan fingerprint density at radius 1 is 1.37 bits per heavy atom. The van der Waals surface area contributed by atoms with Gasteiger partial charge in [0.05, 0.1) is 17.3 Å². The summed E-state index contributed by atoms with van der Waals surface area (Å²) >= 11 is 3.31. The summed E-state index contributed by atoms with van der Waals surface area (Å²) in [5.41, 5.74) is 0. The average molecular weight is 334 g/mol. The number of carbonyl (C=O) groups is 1. The van der Waals surface area contributed by atoms with E-state index < -0.39 is 0 Å². The van der Waals surface area contributed by atoms with Gasteiger partial charge in [0.15, 0.2) is 0 Å². The van der Waals surface area contributed by atoms with Crippen molar-refractivity contribution in [3.8, 4) is 0 Å². The van der Waals surface area contributed by atoms with Crippen molar-refractivity contribution in [2.45, 2.75) is 13.0 Å². The van der Waals surface area contributed by atoms with Crippen LogP contribution in [0, 0.1) is 0 Å². The predicted octanol–water partition coefficient (Wildman–Crippen LogP) is 1.16. The van der Waals surface area contributed by atoms with Gasteiger partial charge in [-0.1, -0.05) is 0 Å². The molecule has 1 aromatic heterocycles. The molecule has 108 valence electrons. The molecule has 1 rings (SSSR count). The monoisotopic (exact) mass is 333 g/mol. The van der Waals surface area contributed by atoms with E-state index >= 15 is 0 Å². The average Bonchev–Trinajstić information content (AvgIpc) is 2.79. The molecule has 0 aliphatic carbocycles. The minimum absolute atomic E-state index is 0.0313. The number of nitrogens with zero attached hydrogens (tertiary/aromatic N) is 3. The van der Waals surface area contributed by atoms with Crippen LogP contribution in [0.3, 0.4) is 0 Å². The number of methoxy groups -OCH3 is 2. The fraction of sp³-hybridized carbons (Fsp3) is 0.667. The van der Waals surface area contributed by atoms with Crippen LogP contribution >= 0.6 is 15.9 Å². The van der Waals surface area contributed by atoms with Crippen LogP contribution in [0.25, 0.3) is 0 Å². The number of rotatable bonds is 9. The Morgan fingerprint density at radius 3 is 2.68 bits per heavy atom. The van der Waals surface area contributed by atoms with Gasteiger partial charge in [0.1, 0.15) is 6.54 Å².